The number of piperazine rings is 1. The molecule has 3 heterocycles. The number of hydrogen-bond donors (Lipinski definition) is 0. The molecule has 6 nitrogen and oxygen atoms in total. The van der Waals surface area contributed by atoms with E-state index in [9.17, 15) is 9.59 Å². The van der Waals surface area contributed by atoms with E-state index in [2.05, 4.69) is 9.88 Å². The summed E-state index contributed by atoms with van der Waals surface area (Å²) in [7, 11) is 0. The van der Waals surface area contributed by atoms with E-state index in [-0.39, 0.29) is 17.7 Å². The lowest BCUT2D eigenvalue weighted by atomic mass is 9.95. The van der Waals surface area contributed by atoms with Crippen molar-refractivity contribution >= 4 is 35.3 Å². The number of benzene rings is 1. The van der Waals surface area contributed by atoms with Crippen LogP contribution < -0.4 is 4.90 Å². The highest BCUT2D eigenvalue weighted by Crippen LogP contribution is 2.22. The van der Waals surface area contributed by atoms with Crippen LogP contribution in [0.3, 0.4) is 0 Å². The van der Waals surface area contributed by atoms with Gasteiger partial charge in [0.15, 0.2) is 0 Å². The average Bonchev–Trinajstić information content (AvgIpc) is 2.83. The summed E-state index contributed by atoms with van der Waals surface area (Å²) in [5, 5.41) is 0.623. The molecule has 2 amide bonds. The number of hydrogen-bond acceptors (Lipinski definition) is 4. The minimum atomic E-state index is 0.00219. The van der Waals surface area contributed by atoms with Crippen LogP contribution in [-0.4, -0.2) is 65.9 Å². The summed E-state index contributed by atoms with van der Waals surface area (Å²) in [5.74, 6) is 1.13. The molecular weight excluding hydrogens is 412 g/mol. The third-order valence-electron chi connectivity index (χ3n) is 6.00. The molecule has 2 aliphatic rings. The molecular formula is C24H27ClN4O2. The number of pyridine rings is 1. The summed E-state index contributed by atoms with van der Waals surface area (Å²) < 4.78 is 0. The van der Waals surface area contributed by atoms with E-state index in [1.807, 2.05) is 58.3 Å². The van der Waals surface area contributed by atoms with Crippen LogP contribution >= 0.6 is 11.6 Å². The molecule has 0 atom stereocenters. The van der Waals surface area contributed by atoms with Gasteiger partial charge in [0.25, 0.3) is 0 Å². The Hall–Kier alpha value is -2.86. The number of amides is 2. The zero-order chi connectivity index (χ0) is 21.6. The molecule has 0 bridgehead atoms. The summed E-state index contributed by atoms with van der Waals surface area (Å²) >= 11 is 5.91. The van der Waals surface area contributed by atoms with Crippen molar-refractivity contribution in [2.24, 2.45) is 5.92 Å². The largest absolute Gasteiger partial charge is 0.353 e. The minimum Gasteiger partial charge on any atom is -0.353 e. The van der Waals surface area contributed by atoms with Crippen molar-refractivity contribution in [3.05, 3.63) is 65.3 Å². The van der Waals surface area contributed by atoms with Gasteiger partial charge >= 0.3 is 0 Å². The topological polar surface area (TPSA) is 56.8 Å². The minimum absolute atomic E-state index is 0.00219. The number of rotatable bonds is 4. The zero-order valence-electron chi connectivity index (χ0n) is 17.5. The second-order valence-electron chi connectivity index (χ2n) is 7.99. The van der Waals surface area contributed by atoms with E-state index in [1.165, 1.54) is 0 Å². The van der Waals surface area contributed by atoms with Crippen molar-refractivity contribution in [3.63, 3.8) is 0 Å². The maximum Gasteiger partial charge on any atom is 0.246 e. The molecule has 0 spiro atoms. The fourth-order valence-corrected chi connectivity index (χ4v) is 4.26. The van der Waals surface area contributed by atoms with E-state index in [1.54, 1.807) is 12.3 Å². The van der Waals surface area contributed by atoms with Gasteiger partial charge in [0.2, 0.25) is 11.8 Å². The zero-order valence-corrected chi connectivity index (χ0v) is 18.2. The number of carbonyl (C=O) groups is 2. The van der Waals surface area contributed by atoms with E-state index in [0.29, 0.717) is 31.2 Å². The van der Waals surface area contributed by atoms with Gasteiger partial charge < -0.3 is 14.7 Å². The van der Waals surface area contributed by atoms with Gasteiger partial charge in [0, 0.05) is 57.5 Å². The average molecular weight is 439 g/mol. The predicted molar refractivity (Wildman–Crippen MR) is 123 cm³/mol. The first kappa shape index (κ1) is 21.4. The summed E-state index contributed by atoms with van der Waals surface area (Å²) in [4.78, 5) is 35.8. The lowest BCUT2D eigenvalue weighted by Crippen LogP contribution is -2.52. The van der Waals surface area contributed by atoms with Gasteiger partial charge in [-0.2, -0.15) is 0 Å². The quantitative estimate of drug-likeness (QED) is 0.687. The second-order valence-corrected chi connectivity index (χ2v) is 8.43. The van der Waals surface area contributed by atoms with Crippen LogP contribution in [0.1, 0.15) is 18.4 Å². The first-order chi connectivity index (χ1) is 15.1. The summed E-state index contributed by atoms with van der Waals surface area (Å²) in [6.07, 6.45) is 6.57. The smallest absolute Gasteiger partial charge is 0.246 e. The monoisotopic (exact) mass is 438 g/mol. The van der Waals surface area contributed by atoms with Gasteiger partial charge in [-0.15, -0.1) is 0 Å². The van der Waals surface area contributed by atoms with Crippen molar-refractivity contribution < 1.29 is 9.59 Å². The maximum absolute atomic E-state index is 13.0. The van der Waals surface area contributed by atoms with Crippen molar-refractivity contribution in [2.45, 2.75) is 12.8 Å². The summed E-state index contributed by atoms with van der Waals surface area (Å²) in [6, 6.07) is 13.6. The van der Waals surface area contributed by atoms with Gasteiger partial charge in [0.05, 0.1) is 5.02 Å². The fraction of sp³-hybridized carbons (Fsp3) is 0.375. The first-order valence-corrected chi connectivity index (χ1v) is 11.2. The molecule has 0 saturated carbocycles. The molecule has 2 aromatic rings. The Bertz CT molecular complexity index is 916. The van der Waals surface area contributed by atoms with E-state index in [0.717, 1.165) is 37.3 Å². The molecule has 2 aliphatic heterocycles. The van der Waals surface area contributed by atoms with Crippen molar-refractivity contribution in [1.29, 1.82) is 0 Å². The van der Waals surface area contributed by atoms with Crippen LogP contribution in [0.2, 0.25) is 5.02 Å². The van der Waals surface area contributed by atoms with E-state index in [4.69, 9.17) is 11.6 Å². The number of anilines is 1. The van der Waals surface area contributed by atoms with Gasteiger partial charge in [-0.3, -0.25) is 9.59 Å². The Labute approximate surface area is 188 Å². The third-order valence-corrected chi connectivity index (χ3v) is 6.22. The Morgan fingerprint density at radius 2 is 1.61 bits per heavy atom. The number of piperidine rings is 1. The molecule has 0 unspecified atom stereocenters. The molecule has 1 aromatic heterocycles. The van der Waals surface area contributed by atoms with Gasteiger partial charge in [-0.25, -0.2) is 4.98 Å². The van der Waals surface area contributed by atoms with Crippen molar-refractivity contribution in [1.82, 2.24) is 14.8 Å². The second kappa shape index (κ2) is 9.96. The first-order valence-electron chi connectivity index (χ1n) is 10.8. The number of nitrogens with zero attached hydrogens (tertiary/aromatic N) is 4. The molecule has 1 aromatic carbocycles. The van der Waals surface area contributed by atoms with Crippen LogP contribution in [0.5, 0.6) is 0 Å². The van der Waals surface area contributed by atoms with Crippen LogP contribution in [0.4, 0.5) is 5.82 Å². The molecule has 0 aliphatic carbocycles. The highest BCUT2D eigenvalue weighted by Gasteiger charge is 2.31. The molecule has 162 valence electrons. The number of halogens is 1. The maximum atomic E-state index is 13.0. The van der Waals surface area contributed by atoms with Crippen LogP contribution in [-0.2, 0) is 9.59 Å². The van der Waals surface area contributed by atoms with Crippen LogP contribution in [0, 0.1) is 5.92 Å². The molecule has 7 heteroatoms. The standard InChI is InChI=1S/C24H27ClN4O2/c25-21-7-8-22(26-18-21)27-14-16-29(17-15-27)24(31)20-10-12-28(13-11-20)23(30)9-6-19-4-2-1-3-5-19/h1-9,18,20H,10-17H2/b9-6+. The Kier molecular flexibility index (Phi) is 6.87. The molecule has 0 N–H and O–H groups in total. The van der Waals surface area contributed by atoms with Crippen molar-refractivity contribution in [2.75, 3.05) is 44.2 Å². The highest BCUT2D eigenvalue weighted by atomic mass is 35.5. The fourth-order valence-electron chi connectivity index (χ4n) is 4.15. The predicted octanol–water partition coefficient (Wildman–Crippen LogP) is 3.34. The van der Waals surface area contributed by atoms with E-state index < -0.39 is 0 Å². The lowest BCUT2D eigenvalue weighted by Gasteiger charge is -2.38. The Morgan fingerprint density at radius 1 is 0.903 bits per heavy atom. The normalized spacial score (nSPS) is 17.9. The molecule has 0 radical (unpaired) electrons. The van der Waals surface area contributed by atoms with Gasteiger partial charge in [-0.05, 0) is 36.6 Å². The lowest BCUT2D eigenvalue weighted by molar-refractivity contribution is -0.139. The molecule has 31 heavy (non-hydrogen) atoms. The third kappa shape index (κ3) is 5.44. The molecule has 4 rings (SSSR count). The number of aromatic nitrogens is 1. The Balaban J connectivity index is 1.23. The summed E-state index contributed by atoms with van der Waals surface area (Å²) in [6.45, 7) is 4.18. The van der Waals surface area contributed by atoms with Crippen LogP contribution in [0.25, 0.3) is 6.08 Å². The SMILES string of the molecule is O=C(/C=C/c1ccccc1)N1CCC(C(=O)N2CCN(c3ccc(Cl)cn3)CC2)CC1. The number of carbonyl (C=O) groups excluding carboxylic acids is 2. The van der Waals surface area contributed by atoms with Gasteiger partial charge in [0.1, 0.15) is 5.82 Å². The highest BCUT2D eigenvalue weighted by molar-refractivity contribution is 6.30. The number of likely N-dealkylation sites (tertiary alicyclic amines) is 1. The van der Waals surface area contributed by atoms with Gasteiger partial charge in [-0.1, -0.05) is 41.9 Å². The van der Waals surface area contributed by atoms with E-state index >= 15 is 0 Å². The molecule has 2 saturated heterocycles. The summed E-state index contributed by atoms with van der Waals surface area (Å²) in [5.41, 5.74) is 1.01. The van der Waals surface area contributed by atoms with Crippen molar-refractivity contribution in [3.8, 4) is 0 Å². The molecule has 2 fully saturated rings. The van der Waals surface area contributed by atoms with Crippen LogP contribution in [0.15, 0.2) is 54.7 Å². The Morgan fingerprint density at radius 3 is 2.26 bits per heavy atom.